The largest absolute Gasteiger partial charge is 0.481 e. The van der Waals surface area contributed by atoms with Gasteiger partial charge in [0.1, 0.15) is 0 Å². The molecule has 17 heavy (non-hydrogen) atoms. The van der Waals surface area contributed by atoms with Crippen LogP contribution < -0.4 is 10.1 Å². The molecule has 1 N–H and O–H groups in total. The van der Waals surface area contributed by atoms with Crippen molar-refractivity contribution in [3.8, 4) is 5.75 Å². The Hall–Kier alpha value is -0.450. The molecule has 0 unspecified atom stereocenters. The molecule has 0 heterocycles. The van der Waals surface area contributed by atoms with Crippen molar-refractivity contribution < 1.29 is 9.53 Å². The molecule has 0 atom stereocenters. The molecule has 0 aliphatic rings. The van der Waals surface area contributed by atoms with Crippen LogP contribution in [0.25, 0.3) is 0 Å². The van der Waals surface area contributed by atoms with E-state index in [1.165, 1.54) is 0 Å². The van der Waals surface area contributed by atoms with E-state index in [9.17, 15) is 4.79 Å². The smallest absolute Gasteiger partial charge is 0.257 e. The lowest BCUT2D eigenvalue weighted by Crippen LogP contribution is -2.29. The van der Waals surface area contributed by atoms with Gasteiger partial charge in [-0.3, -0.25) is 4.79 Å². The van der Waals surface area contributed by atoms with E-state index >= 15 is 0 Å². The van der Waals surface area contributed by atoms with Crippen molar-refractivity contribution in [2.45, 2.75) is 13.3 Å². The van der Waals surface area contributed by atoms with Gasteiger partial charge in [0, 0.05) is 11.6 Å². The fraction of sp³-hybridized carbons (Fsp3) is 0.364. The molecule has 0 fully saturated rings. The second kappa shape index (κ2) is 7.09. The number of rotatable bonds is 5. The Bertz CT molecular complexity index is 389. The van der Waals surface area contributed by atoms with Crippen LogP contribution in [0.4, 0.5) is 0 Å². The molecule has 1 aromatic rings. The Balaban J connectivity index is 2.60. The number of hydrogen-bond donors (Lipinski definition) is 1. The first-order valence-electron chi connectivity index (χ1n) is 5.08. The minimum absolute atomic E-state index is 0.0695. The van der Waals surface area contributed by atoms with Crippen molar-refractivity contribution in [3.05, 3.63) is 26.7 Å². The van der Waals surface area contributed by atoms with E-state index in [1.54, 1.807) is 12.1 Å². The van der Waals surface area contributed by atoms with Gasteiger partial charge in [-0.2, -0.15) is 0 Å². The van der Waals surface area contributed by atoms with Gasteiger partial charge in [-0.1, -0.05) is 30.1 Å². The molecule has 1 aromatic carbocycles. The van der Waals surface area contributed by atoms with Gasteiger partial charge in [0.25, 0.3) is 5.91 Å². The first-order valence-corrected chi connectivity index (χ1v) is 6.63. The summed E-state index contributed by atoms with van der Waals surface area (Å²) < 4.78 is 5.96. The maximum Gasteiger partial charge on any atom is 0.257 e. The zero-order valence-electron chi connectivity index (χ0n) is 9.23. The Labute approximate surface area is 119 Å². The summed E-state index contributed by atoms with van der Waals surface area (Å²) in [7, 11) is 0. The minimum atomic E-state index is -0.176. The number of hydrogen-bond acceptors (Lipinski definition) is 2. The molecule has 0 bridgehead atoms. The lowest BCUT2D eigenvalue weighted by molar-refractivity contribution is -0.123. The number of halogens is 3. The van der Waals surface area contributed by atoms with E-state index in [4.69, 9.17) is 27.9 Å². The standard InChI is InChI=1S/C11H12BrCl2NO2/c1-2-3-15-10(16)6-17-11-8(12)4-7(13)5-9(11)14/h4-5H,2-3,6H2,1H3,(H,15,16). The molecule has 0 aliphatic heterocycles. The van der Waals surface area contributed by atoms with Crippen molar-refractivity contribution in [1.29, 1.82) is 0 Å². The highest BCUT2D eigenvalue weighted by atomic mass is 79.9. The number of nitrogens with one attached hydrogen (secondary N) is 1. The van der Waals surface area contributed by atoms with Gasteiger partial charge in [-0.25, -0.2) is 0 Å². The van der Waals surface area contributed by atoms with E-state index in [0.717, 1.165) is 6.42 Å². The molecule has 0 aromatic heterocycles. The molecular weight excluding hydrogens is 329 g/mol. The van der Waals surface area contributed by atoms with Gasteiger partial charge in [0.2, 0.25) is 0 Å². The topological polar surface area (TPSA) is 38.3 Å². The predicted octanol–water partition coefficient (Wildman–Crippen LogP) is 3.66. The Morgan fingerprint density at radius 3 is 2.76 bits per heavy atom. The SMILES string of the molecule is CCCNC(=O)COc1c(Cl)cc(Cl)cc1Br. The van der Waals surface area contributed by atoms with Crippen molar-refractivity contribution in [2.75, 3.05) is 13.2 Å². The Kier molecular flexibility index (Phi) is 6.09. The highest BCUT2D eigenvalue weighted by molar-refractivity contribution is 9.10. The molecule has 3 nitrogen and oxygen atoms in total. The molecule has 0 saturated carbocycles. The molecule has 1 amide bonds. The summed E-state index contributed by atoms with van der Waals surface area (Å²) in [6, 6.07) is 3.22. The van der Waals surface area contributed by atoms with E-state index in [2.05, 4.69) is 21.2 Å². The van der Waals surface area contributed by atoms with Crippen LogP contribution >= 0.6 is 39.1 Å². The van der Waals surface area contributed by atoms with Gasteiger partial charge in [0.05, 0.1) is 9.50 Å². The third kappa shape index (κ3) is 4.74. The number of amides is 1. The molecule has 6 heteroatoms. The molecule has 1 rings (SSSR count). The predicted molar refractivity (Wildman–Crippen MR) is 73.0 cm³/mol. The van der Waals surface area contributed by atoms with Crippen LogP contribution in [0.3, 0.4) is 0 Å². The summed E-state index contributed by atoms with van der Waals surface area (Å²) in [5.74, 6) is 0.243. The highest BCUT2D eigenvalue weighted by Gasteiger charge is 2.10. The van der Waals surface area contributed by atoms with Crippen molar-refractivity contribution in [1.82, 2.24) is 5.32 Å². The zero-order chi connectivity index (χ0) is 12.8. The van der Waals surface area contributed by atoms with Gasteiger partial charge < -0.3 is 10.1 Å². The summed E-state index contributed by atoms with van der Waals surface area (Å²) in [5.41, 5.74) is 0. The molecule has 0 saturated heterocycles. The number of benzene rings is 1. The molecule has 94 valence electrons. The lowest BCUT2D eigenvalue weighted by atomic mass is 10.3. The van der Waals surface area contributed by atoms with Crippen LogP contribution in [0, 0.1) is 0 Å². The minimum Gasteiger partial charge on any atom is -0.481 e. The summed E-state index contributed by atoms with van der Waals surface area (Å²) in [5, 5.41) is 3.58. The third-order valence-corrected chi connectivity index (χ3v) is 2.97. The second-order valence-corrected chi connectivity index (χ2v) is 5.04. The van der Waals surface area contributed by atoms with E-state index in [-0.39, 0.29) is 12.5 Å². The maximum absolute atomic E-state index is 11.3. The first-order chi connectivity index (χ1) is 8.04. The van der Waals surface area contributed by atoms with Gasteiger partial charge in [-0.15, -0.1) is 0 Å². The van der Waals surface area contributed by atoms with Crippen LogP contribution in [-0.4, -0.2) is 19.1 Å². The lowest BCUT2D eigenvalue weighted by Gasteiger charge is -2.10. The fourth-order valence-electron chi connectivity index (χ4n) is 1.12. The molecule has 0 spiro atoms. The summed E-state index contributed by atoms with van der Waals surface area (Å²) in [6.07, 6.45) is 0.886. The quantitative estimate of drug-likeness (QED) is 0.888. The van der Waals surface area contributed by atoms with E-state index < -0.39 is 0 Å². The van der Waals surface area contributed by atoms with Crippen LogP contribution in [0.15, 0.2) is 16.6 Å². The summed E-state index contributed by atoms with van der Waals surface area (Å²) in [4.78, 5) is 11.3. The normalized spacial score (nSPS) is 10.1. The van der Waals surface area contributed by atoms with Crippen molar-refractivity contribution in [2.24, 2.45) is 0 Å². The van der Waals surface area contributed by atoms with Crippen LogP contribution in [0.2, 0.25) is 10.0 Å². The second-order valence-electron chi connectivity index (χ2n) is 3.34. The van der Waals surface area contributed by atoms with Gasteiger partial charge in [-0.05, 0) is 34.5 Å². The highest BCUT2D eigenvalue weighted by Crippen LogP contribution is 2.35. The van der Waals surface area contributed by atoms with Crippen molar-refractivity contribution >= 4 is 45.0 Å². The number of ether oxygens (including phenoxy) is 1. The average molecular weight is 341 g/mol. The number of carbonyl (C=O) groups excluding carboxylic acids is 1. The maximum atomic E-state index is 11.3. The van der Waals surface area contributed by atoms with Gasteiger partial charge in [0.15, 0.2) is 12.4 Å². The van der Waals surface area contributed by atoms with Crippen LogP contribution in [0.1, 0.15) is 13.3 Å². The van der Waals surface area contributed by atoms with E-state index in [1.807, 2.05) is 6.92 Å². The van der Waals surface area contributed by atoms with Crippen LogP contribution in [-0.2, 0) is 4.79 Å². The number of carbonyl (C=O) groups is 1. The van der Waals surface area contributed by atoms with Gasteiger partial charge >= 0.3 is 0 Å². The monoisotopic (exact) mass is 339 g/mol. The molecule has 0 radical (unpaired) electrons. The molecule has 0 aliphatic carbocycles. The zero-order valence-corrected chi connectivity index (χ0v) is 12.3. The fourth-order valence-corrected chi connectivity index (χ4v) is 2.49. The first kappa shape index (κ1) is 14.6. The average Bonchev–Trinajstić information content (AvgIpc) is 2.24. The molecular formula is C11H12BrCl2NO2. The third-order valence-electron chi connectivity index (χ3n) is 1.88. The summed E-state index contributed by atoms with van der Waals surface area (Å²) >= 11 is 15.0. The Morgan fingerprint density at radius 2 is 2.18 bits per heavy atom. The van der Waals surface area contributed by atoms with E-state index in [0.29, 0.717) is 26.8 Å². The summed E-state index contributed by atoms with van der Waals surface area (Å²) in [6.45, 7) is 2.55. The van der Waals surface area contributed by atoms with Crippen LogP contribution in [0.5, 0.6) is 5.75 Å². The Morgan fingerprint density at radius 1 is 1.47 bits per heavy atom. The van der Waals surface area contributed by atoms with Crippen molar-refractivity contribution in [3.63, 3.8) is 0 Å².